The molecular weight excluding hydrogens is 385 g/mol. The first-order valence-corrected chi connectivity index (χ1v) is 8.29. The molecule has 0 N–H and O–H groups in total. The van der Waals surface area contributed by atoms with Crippen LogP contribution in [-0.4, -0.2) is 16.5 Å². The van der Waals surface area contributed by atoms with Crippen LogP contribution in [0.3, 0.4) is 0 Å². The molecule has 0 aliphatic heterocycles. The number of rotatable bonds is 3. The summed E-state index contributed by atoms with van der Waals surface area (Å²) in [6.45, 7) is 2.82. The molecule has 112 valence electrons. The molecule has 0 bridgehead atoms. The number of halogens is 3. The Bertz CT molecular complexity index is 833. The van der Waals surface area contributed by atoms with Gasteiger partial charge in [-0.15, -0.1) is 0 Å². The second kappa shape index (κ2) is 6.41. The van der Waals surface area contributed by atoms with Gasteiger partial charge in [0.1, 0.15) is 5.82 Å². The normalized spacial score (nSPS) is 10.9. The molecule has 3 aromatic rings. The monoisotopic (exact) mass is 395 g/mol. The zero-order valence-electron chi connectivity index (χ0n) is 11.7. The van der Waals surface area contributed by atoms with E-state index in [1.165, 1.54) is 0 Å². The van der Waals surface area contributed by atoms with Gasteiger partial charge in [0.2, 0.25) is 5.28 Å². The maximum Gasteiger partial charge on any atom is 0.224 e. The molecule has 3 rings (SSSR count). The van der Waals surface area contributed by atoms with E-state index in [-0.39, 0.29) is 5.28 Å². The number of benzene rings is 2. The van der Waals surface area contributed by atoms with Crippen LogP contribution in [-0.2, 0) is 0 Å². The molecule has 0 radical (unpaired) electrons. The van der Waals surface area contributed by atoms with Crippen LogP contribution in [0.1, 0.15) is 6.92 Å². The summed E-state index contributed by atoms with van der Waals surface area (Å²) in [5.74, 6) is 0.771. The van der Waals surface area contributed by atoms with Crippen molar-refractivity contribution in [3.05, 3.63) is 57.2 Å². The summed E-state index contributed by atoms with van der Waals surface area (Å²) in [6, 6.07) is 13.6. The van der Waals surface area contributed by atoms with Crippen LogP contribution in [0.2, 0.25) is 10.3 Å². The fourth-order valence-corrected chi connectivity index (χ4v) is 3.09. The Morgan fingerprint density at radius 2 is 1.91 bits per heavy atom. The van der Waals surface area contributed by atoms with E-state index < -0.39 is 0 Å². The van der Waals surface area contributed by atoms with Crippen LogP contribution in [0.4, 0.5) is 11.5 Å². The van der Waals surface area contributed by atoms with Gasteiger partial charge in [-0.2, -0.15) is 4.98 Å². The van der Waals surface area contributed by atoms with Gasteiger partial charge in [-0.05, 0) is 54.9 Å². The fourth-order valence-electron chi connectivity index (χ4n) is 2.36. The van der Waals surface area contributed by atoms with E-state index in [4.69, 9.17) is 23.2 Å². The van der Waals surface area contributed by atoms with Crippen molar-refractivity contribution in [3.63, 3.8) is 0 Å². The average Bonchev–Trinajstić information content (AvgIpc) is 2.47. The molecule has 0 atom stereocenters. The highest BCUT2D eigenvalue weighted by Crippen LogP contribution is 2.33. The molecule has 0 saturated carbocycles. The summed E-state index contributed by atoms with van der Waals surface area (Å²) in [7, 11) is 0. The minimum absolute atomic E-state index is 0.207. The van der Waals surface area contributed by atoms with Gasteiger partial charge in [-0.1, -0.05) is 33.6 Å². The lowest BCUT2D eigenvalue weighted by Gasteiger charge is -2.23. The largest absolute Gasteiger partial charge is 0.326 e. The maximum atomic E-state index is 6.09. The van der Waals surface area contributed by atoms with Crippen molar-refractivity contribution in [3.8, 4) is 0 Å². The second-order valence-corrected chi connectivity index (χ2v) is 6.39. The van der Waals surface area contributed by atoms with E-state index in [9.17, 15) is 0 Å². The molecule has 0 aliphatic rings. The van der Waals surface area contributed by atoms with Crippen LogP contribution in [0.25, 0.3) is 10.9 Å². The lowest BCUT2D eigenvalue weighted by atomic mass is 10.2. The molecule has 1 heterocycles. The number of aromatic nitrogens is 2. The van der Waals surface area contributed by atoms with Crippen molar-refractivity contribution in [2.24, 2.45) is 0 Å². The highest BCUT2D eigenvalue weighted by atomic mass is 79.9. The average molecular weight is 397 g/mol. The molecule has 22 heavy (non-hydrogen) atoms. The maximum absolute atomic E-state index is 6.09. The van der Waals surface area contributed by atoms with E-state index >= 15 is 0 Å². The summed E-state index contributed by atoms with van der Waals surface area (Å²) in [5.41, 5.74) is 1.76. The predicted octanol–water partition coefficient (Wildman–Crippen LogP) is 5.86. The van der Waals surface area contributed by atoms with E-state index in [1.54, 1.807) is 6.07 Å². The third kappa shape index (κ3) is 3.05. The Balaban J connectivity index is 2.22. The summed E-state index contributed by atoms with van der Waals surface area (Å²) in [5, 5.41) is 1.74. The first-order valence-electron chi connectivity index (χ1n) is 6.74. The Kier molecular flexibility index (Phi) is 4.52. The second-order valence-electron chi connectivity index (χ2n) is 4.70. The van der Waals surface area contributed by atoms with E-state index in [2.05, 4.69) is 37.7 Å². The third-order valence-electron chi connectivity index (χ3n) is 3.30. The van der Waals surface area contributed by atoms with Crippen molar-refractivity contribution in [1.82, 2.24) is 9.97 Å². The van der Waals surface area contributed by atoms with E-state index in [1.807, 2.05) is 36.4 Å². The summed E-state index contributed by atoms with van der Waals surface area (Å²) in [6.07, 6.45) is 0. The van der Waals surface area contributed by atoms with Crippen molar-refractivity contribution < 1.29 is 0 Å². The van der Waals surface area contributed by atoms with Gasteiger partial charge in [0, 0.05) is 27.1 Å². The molecule has 6 heteroatoms. The molecule has 0 aliphatic carbocycles. The zero-order valence-corrected chi connectivity index (χ0v) is 14.8. The van der Waals surface area contributed by atoms with E-state index in [0.717, 1.165) is 33.4 Å². The number of hydrogen-bond donors (Lipinski definition) is 0. The SMILES string of the molecule is CCN(c1cccc(Br)c1)c1nc(Cl)nc2cc(Cl)ccc12. The van der Waals surface area contributed by atoms with Gasteiger partial charge in [0.05, 0.1) is 5.52 Å². The van der Waals surface area contributed by atoms with Gasteiger partial charge in [0.15, 0.2) is 0 Å². The topological polar surface area (TPSA) is 29.0 Å². The van der Waals surface area contributed by atoms with Crippen LogP contribution in [0.5, 0.6) is 0 Å². The first kappa shape index (κ1) is 15.5. The number of fused-ring (bicyclic) bond motifs is 1. The van der Waals surface area contributed by atoms with Crippen molar-refractivity contribution in [2.75, 3.05) is 11.4 Å². The summed E-state index contributed by atoms with van der Waals surface area (Å²) < 4.78 is 1.01. The van der Waals surface area contributed by atoms with Gasteiger partial charge < -0.3 is 4.90 Å². The number of anilines is 2. The lowest BCUT2D eigenvalue weighted by Crippen LogP contribution is -2.18. The molecule has 0 unspecified atom stereocenters. The van der Waals surface area contributed by atoms with Crippen LogP contribution < -0.4 is 4.90 Å². The minimum atomic E-state index is 0.207. The number of hydrogen-bond acceptors (Lipinski definition) is 3. The zero-order chi connectivity index (χ0) is 15.7. The lowest BCUT2D eigenvalue weighted by molar-refractivity contribution is 0.989. The molecule has 2 aromatic carbocycles. The highest BCUT2D eigenvalue weighted by Gasteiger charge is 2.15. The third-order valence-corrected chi connectivity index (χ3v) is 4.20. The Hall–Kier alpha value is -1.36. The Morgan fingerprint density at radius 3 is 2.64 bits per heavy atom. The summed E-state index contributed by atoms with van der Waals surface area (Å²) >= 11 is 15.6. The molecule has 1 aromatic heterocycles. The van der Waals surface area contributed by atoms with Gasteiger partial charge >= 0.3 is 0 Å². The molecule has 3 nitrogen and oxygen atoms in total. The van der Waals surface area contributed by atoms with Gasteiger partial charge in [0.25, 0.3) is 0 Å². The molecule has 0 fully saturated rings. The van der Waals surface area contributed by atoms with Crippen molar-refractivity contribution >= 4 is 61.5 Å². The highest BCUT2D eigenvalue weighted by molar-refractivity contribution is 9.10. The quantitative estimate of drug-likeness (QED) is 0.519. The van der Waals surface area contributed by atoms with E-state index in [0.29, 0.717) is 5.02 Å². The minimum Gasteiger partial charge on any atom is -0.326 e. The Morgan fingerprint density at radius 1 is 1.09 bits per heavy atom. The van der Waals surface area contributed by atoms with Crippen LogP contribution in [0, 0.1) is 0 Å². The molecule has 0 saturated heterocycles. The Labute approximate surface area is 147 Å². The fraction of sp³-hybridized carbons (Fsp3) is 0.125. The van der Waals surface area contributed by atoms with Crippen molar-refractivity contribution in [2.45, 2.75) is 6.92 Å². The van der Waals surface area contributed by atoms with Crippen molar-refractivity contribution in [1.29, 1.82) is 0 Å². The number of nitrogens with zero attached hydrogens (tertiary/aromatic N) is 3. The first-order chi connectivity index (χ1) is 10.6. The molecule has 0 spiro atoms. The molecule has 0 amide bonds. The molecular formula is C16H12BrCl2N3. The summed E-state index contributed by atoms with van der Waals surface area (Å²) in [4.78, 5) is 10.8. The van der Waals surface area contributed by atoms with Gasteiger partial charge in [-0.25, -0.2) is 4.98 Å². The smallest absolute Gasteiger partial charge is 0.224 e. The predicted molar refractivity (Wildman–Crippen MR) is 96.4 cm³/mol. The van der Waals surface area contributed by atoms with Crippen LogP contribution in [0.15, 0.2) is 46.9 Å². The standard InChI is InChI=1S/C16H12BrCl2N3/c1-2-22(12-5-3-4-10(17)8-12)15-13-7-6-11(18)9-14(13)20-16(19)21-15/h3-9H,2H2,1H3. The van der Waals surface area contributed by atoms with Crippen LogP contribution >= 0.6 is 39.1 Å². The van der Waals surface area contributed by atoms with Gasteiger partial charge in [-0.3, -0.25) is 0 Å².